The van der Waals surface area contributed by atoms with Gasteiger partial charge in [-0.15, -0.1) is 0 Å². The Kier molecular flexibility index (Phi) is 9.40. The Morgan fingerprint density at radius 2 is 1.56 bits per heavy atom. The van der Waals surface area contributed by atoms with Gasteiger partial charge in [0.05, 0.1) is 28.1 Å². The molecular formula is C31H29Cl2N5O5. The van der Waals surface area contributed by atoms with E-state index >= 15 is 0 Å². The summed E-state index contributed by atoms with van der Waals surface area (Å²) >= 11 is 12.1. The van der Waals surface area contributed by atoms with Gasteiger partial charge >= 0.3 is 5.97 Å². The van der Waals surface area contributed by atoms with Crippen molar-refractivity contribution in [1.29, 1.82) is 0 Å². The summed E-state index contributed by atoms with van der Waals surface area (Å²) in [5.41, 5.74) is 1.26. The van der Waals surface area contributed by atoms with Crippen molar-refractivity contribution >= 4 is 52.1 Å². The number of amides is 1. The number of pyridine rings is 1. The molecule has 0 radical (unpaired) electrons. The van der Waals surface area contributed by atoms with Crippen molar-refractivity contribution in [1.82, 2.24) is 9.88 Å². The smallest absolute Gasteiger partial charge is 0.305 e. The normalized spacial score (nSPS) is 14.7. The van der Waals surface area contributed by atoms with E-state index in [4.69, 9.17) is 23.2 Å². The Balaban J connectivity index is 1.24. The number of benzene rings is 2. The second-order valence-corrected chi connectivity index (χ2v) is 11.3. The van der Waals surface area contributed by atoms with E-state index in [-0.39, 0.29) is 39.4 Å². The average Bonchev–Trinajstić information content (AvgIpc) is 2.99. The van der Waals surface area contributed by atoms with Crippen molar-refractivity contribution in [2.24, 2.45) is 0 Å². The summed E-state index contributed by atoms with van der Waals surface area (Å²) in [5, 5.41) is 18.7. The fraction of sp³-hybridized carbons (Fsp3) is 0.258. The molecule has 0 saturated carbocycles. The number of carbonyl (C=O) groups excluding carboxylic acids is 1. The maximum absolute atomic E-state index is 12.7. The molecule has 1 unspecified atom stereocenters. The molecule has 5 rings (SSSR count). The second kappa shape index (κ2) is 13.4. The number of aliphatic carboxylic acids is 1. The zero-order valence-corrected chi connectivity index (χ0v) is 24.5. The van der Waals surface area contributed by atoms with Crippen molar-refractivity contribution < 1.29 is 14.7 Å². The molecular weight excluding hydrogens is 593 g/mol. The van der Waals surface area contributed by atoms with Gasteiger partial charge in [0, 0.05) is 43.8 Å². The molecule has 1 saturated heterocycles. The van der Waals surface area contributed by atoms with E-state index in [2.05, 4.69) is 38.0 Å². The number of aromatic nitrogens is 1. The first-order valence-corrected chi connectivity index (χ1v) is 14.5. The molecule has 43 heavy (non-hydrogen) atoms. The van der Waals surface area contributed by atoms with Gasteiger partial charge in [-0.05, 0) is 36.1 Å². The van der Waals surface area contributed by atoms with E-state index in [1.54, 1.807) is 24.3 Å². The predicted octanol–water partition coefficient (Wildman–Crippen LogP) is 4.94. The number of anilines is 3. The lowest BCUT2D eigenvalue weighted by Crippen LogP contribution is -2.44. The molecule has 0 bridgehead atoms. The number of piperidine rings is 1. The molecule has 1 aliphatic rings. The summed E-state index contributed by atoms with van der Waals surface area (Å²) in [7, 11) is 0. The van der Waals surface area contributed by atoms with E-state index < -0.39 is 28.8 Å². The van der Waals surface area contributed by atoms with Crippen molar-refractivity contribution in [3.05, 3.63) is 114 Å². The molecule has 1 fully saturated rings. The van der Waals surface area contributed by atoms with E-state index in [1.807, 2.05) is 18.2 Å². The highest BCUT2D eigenvalue weighted by atomic mass is 35.5. The maximum atomic E-state index is 12.7. The minimum Gasteiger partial charge on any atom is -0.481 e. The lowest BCUT2D eigenvalue weighted by atomic mass is 10.0. The van der Waals surface area contributed by atoms with E-state index in [1.165, 1.54) is 18.0 Å². The van der Waals surface area contributed by atoms with Crippen molar-refractivity contribution in [3.8, 4) is 0 Å². The summed E-state index contributed by atoms with van der Waals surface area (Å²) in [5.74, 6) is -1.62. The van der Waals surface area contributed by atoms with Crippen LogP contribution in [-0.2, 0) is 11.3 Å². The van der Waals surface area contributed by atoms with Gasteiger partial charge in [-0.25, -0.2) is 0 Å². The molecule has 4 aromatic rings. The Morgan fingerprint density at radius 3 is 2.19 bits per heavy atom. The van der Waals surface area contributed by atoms with Gasteiger partial charge in [0.25, 0.3) is 16.8 Å². The molecule has 3 aromatic carbocycles. The summed E-state index contributed by atoms with van der Waals surface area (Å²) in [6, 6.07) is 15.9. The largest absolute Gasteiger partial charge is 0.481 e. The molecule has 1 aromatic heterocycles. The Hall–Kier alpha value is -4.25. The average molecular weight is 623 g/mol. The van der Waals surface area contributed by atoms with Crippen LogP contribution in [0, 0.1) is 0 Å². The first-order chi connectivity index (χ1) is 20.7. The van der Waals surface area contributed by atoms with Gasteiger partial charge in [0.15, 0.2) is 0 Å². The Bertz CT molecular complexity index is 1660. The Labute approximate surface area is 257 Å². The van der Waals surface area contributed by atoms with Crippen LogP contribution < -0.4 is 26.8 Å². The van der Waals surface area contributed by atoms with Crippen LogP contribution in [0.15, 0.2) is 76.6 Å². The number of nitrogens with zero attached hydrogens (tertiary/aromatic N) is 2. The van der Waals surface area contributed by atoms with Crippen LogP contribution in [0.3, 0.4) is 0 Å². The molecule has 1 atom stereocenters. The van der Waals surface area contributed by atoms with Crippen molar-refractivity contribution in [2.45, 2.75) is 37.9 Å². The molecule has 1 amide bonds. The van der Waals surface area contributed by atoms with Crippen LogP contribution in [0.5, 0.6) is 0 Å². The predicted molar refractivity (Wildman–Crippen MR) is 167 cm³/mol. The van der Waals surface area contributed by atoms with Gasteiger partial charge in [-0.2, -0.15) is 0 Å². The minimum absolute atomic E-state index is 0.0131. The minimum atomic E-state index is -1.09. The highest BCUT2D eigenvalue weighted by Crippen LogP contribution is 2.29. The number of carboxylic acid groups (broad SMARTS) is 1. The van der Waals surface area contributed by atoms with E-state index in [0.717, 1.165) is 32.5 Å². The fourth-order valence-electron chi connectivity index (χ4n) is 5.17. The molecule has 1 aliphatic heterocycles. The highest BCUT2D eigenvalue weighted by molar-refractivity contribution is 6.40. The van der Waals surface area contributed by atoms with Gasteiger partial charge in [0.2, 0.25) is 0 Å². The zero-order valence-electron chi connectivity index (χ0n) is 23.0. The topological polar surface area (TPSA) is 141 Å². The first-order valence-electron chi connectivity index (χ1n) is 13.7. The maximum Gasteiger partial charge on any atom is 0.305 e. The zero-order chi connectivity index (χ0) is 30.5. The number of rotatable bonds is 11. The second-order valence-electron chi connectivity index (χ2n) is 10.4. The molecule has 12 heteroatoms. The van der Waals surface area contributed by atoms with Crippen LogP contribution in [0.4, 0.5) is 17.1 Å². The van der Waals surface area contributed by atoms with Crippen LogP contribution in [0.1, 0.15) is 46.8 Å². The molecule has 0 spiro atoms. The third-order valence-corrected chi connectivity index (χ3v) is 8.02. The number of carboxylic acids is 1. The van der Waals surface area contributed by atoms with Crippen molar-refractivity contribution in [2.75, 3.05) is 29.0 Å². The number of carbonyl (C=O) groups is 2. The standard InChI is InChI=1S/C31H29Cl2N5O5/c32-22-15-34-16-23(33)26(22)31(43)36-20-8-6-19(7-9-20)24(14-25(39)40)37-28-27(29(41)30(28)42)35-21-10-12-38(13-11-21)17-18-4-2-1-3-5-18/h1-9,15-16,21,24,35,37H,10-14,17H2,(H,36,43)(H,39,40). The Morgan fingerprint density at radius 1 is 0.930 bits per heavy atom. The highest BCUT2D eigenvalue weighted by Gasteiger charge is 2.28. The molecule has 10 nitrogen and oxygen atoms in total. The summed E-state index contributed by atoms with van der Waals surface area (Å²) in [6.07, 6.45) is 3.88. The molecule has 0 aliphatic carbocycles. The van der Waals surface area contributed by atoms with Gasteiger partial charge < -0.3 is 21.1 Å². The summed E-state index contributed by atoms with van der Waals surface area (Å²) < 4.78 is 0. The molecule has 4 N–H and O–H groups in total. The number of halogens is 2. The monoisotopic (exact) mass is 621 g/mol. The van der Waals surface area contributed by atoms with Gasteiger partial charge in [0.1, 0.15) is 11.4 Å². The molecule has 2 heterocycles. The van der Waals surface area contributed by atoms with Gasteiger partial charge in [-0.1, -0.05) is 65.7 Å². The van der Waals surface area contributed by atoms with Crippen LogP contribution in [0.2, 0.25) is 10.0 Å². The van der Waals surface area contributed by atoms with Crippen LogP contribution in [0.25, 0.3) is 0 Å². The fourth-order valence-corrected chi connectivity index (χ4v) is 5.71. The lowest BCUT2D eigenvalue weighted by Gasteiger charge is -2.33. The van der Waals surface area contributed by atoms with Gasteiger partial charge in [-0.3, -0.25) is 29.1 Å². The van der Waals surface area contributed by atoms with Crippen LogP contribution in [-0.4, -0.2) is 46.0 Å². The third-order valence-electron chi connectivity index (χ3n) is 7.44. The SMILES string of the molecule is O=C(O)CC(Nc1c(NC2CCN(Cc3ccccc3)CC2)c(=O)c1=O)c1ccc(NC(=O)c2c(Cl)cncc2Cl)cc1. The lowest BCUT2D eigenvalue weighted by molar-refractivity contribution is -0.137. The number of hydrogen-bond donors (Lipinski definition) is 4. The van der Waals surface area contributed by atoms with Crippen molar-refractivity contribution in [3.63, 3.8) is 0 Å². The van der Waals surface area contributed by atoms with E-state index in [0.29, 0.717) is 11.3 Å². The number of likely N-dealkylation sites (tertiary alicyclic amines) is 1. The third kappa shape index (κ3) is 7.22. The summed E-state index contributed by atoms with van der Waals surface area (Å²) in [4.78, 5) is 55.6. The number of hydrogen-bond acceptors (Lipinski definition) is 8. The van der Waals surface area contributed by atoms with Crippen LogP contribution >= 0.6 is 23.2 Å². The first kappa shape index (κ1) is 30.2. The quantitative estimate of drug-likeness (QED) is 0.171. The molecule has 222 valence electrons. The summed E-state index contributed by atoms with van der Waals surface area (Å²) in [6.45, 7) is 2.54. The number of nitrogens with one attached hydrogen (secondary N) is 3. The van der Waals surface area contributed by atoms with E-state index in [9.17, 15) is 24.3 Å².